The highest BCUT2D eigenvalue weighted by molar-refractivity contribution is 5.90. The van der Waals surface area contributed by atoms with Crippen LogP contribution < -0.4 is 15.5 Å². The maximum absolute atomic E-state index is 12.0. The van der Waals surface area contributed by atoms with Crippen LogP contribution in [0.3, 0.4) is 0 Å². The molecule has 0 unspecified atom stereocenters. The fraction of sp³-hybridized carbons (Fsp3) is 0.286. The lowest BCUT2D eigenvalue weighted by molar-refractivity contribution is 0.249. The quantitative estimate of drug-likeness (QED) is 0.664. The van der Waals surface area contributed by atoms with Gasteiger partial charge < -0.3 is 20.1 Å². The normalized spacial score (nSPS) is 11.7. The van der Waals surface area contributed by atoms with Crippen molar-refractivity contribution in [3.05, 3.63) is 48.5 Å². The molecule has 0 bridgehead atoms. The van der Waals surface area contributed by atoms with E-state index >= 15 is 0 Å². The molecule has 1 atom stereocenters. The van der Waals surface area contributed by atoms with Crippen LogP contribution in [0.4, 0.5) is 16.2 Å². The Kier molecular flexibility index (Phi) is 5.93. The van der Waals surface area contributed by atoms with Gasteiger partial charge in [-0.25, -0.2) is 4.79 Å². The summed E-state index contributed by atoms with van der Waals surface area (Å²) in [7, 11) is 3.96. The molecule has 2 amide bonds. The second kappa shape index (κ2) is 8.56. The maximum atomic E-state index is 12.0. The van der Waals surface area contributed by atoms with Crippen LogP contribution in [0.25, 0.3) is 22.8 Å². The molecular formula is C21H25N5O2. The Hall–Kier alpha value is -3.35. The number of hydrogen-bond acceptors (Lipinski definition) is 5. The Bertz CT molecular complexity index is 951. The highest BCUT2D eigenvalue weighted by Gasteiger charge is 2.13. The summed E-state index contributed by atoms with van der Waals surface area (Å²) in [4.78, 5) is 18.6. The zero-order valence-corrected chi connectivity index (χ0v) is 16.6. The van der Waals surface area contributed by atoms with Gasteiger partial charge in [-0.15, -0.1) is 0 Å². The van der Waals surface area contributed by atoms with E-state index in [2.05, 4.69) is 20.8 Å². The number of anilines is 2. The number of hydrogen-bond donors (Lipinski definition) is 2. The van der Waals surface area contributed by atoms with Crippen molar-refractivity contribution in [1.82, 2.24) is 15.5 Å². The number of rotatable bonds is 6. The number of aromatic nitrogens is 2. The van der Waals surface area contributed by atoms with Crippen molar-refractivity contribution >= 4 is 17.4 Å². The summed E-state index contributed by atoms with van der Waals surface area (Å²) in [6.07, 6.45) is 0.869. The fourth-order valence-corrected chi connectivity index (χ4v) is 2.60. The number of carbonyl (C=O) groups is 1. The molecule has 3 rings (SSSR count). The van der Waals surface area contributed by atoms with E-state index < -0.39 is 0 Å². The highest BCUT2D eigenvalue weighted by Crippen LogP contribution is 2.26. The summed E-state index contributed by atoms with van der Waals surface area (Å²) in [5.74, 6) is 0.919. The molecule has 0 radical (unpaired) electrons. The number of nitrogens with zero attached hydrogens (tertiary/aromatic N) is 3. The van der Waals surface area contributed by atoms with E-state index in [9.17, 15) is 4.79 Å². The van der Waals surface area contributed by atoms with Crippen LogP contribution in [0.1, 0.15) is 20.3 Å². The molecule has 28 heavy (non-hydrogen) atoms. The number of benzene rings is 2. The van der Waals surface area contributed by atoms with E-state index in [0.29, 0.717) is 17.4 Å². The first-order valence-electron chi connectivity index (χ1n) is 9.25. The Balaban J connectivity index is 1.78. The number of amides is 2. The molecule has 7 nitrogen and oxygen atoms in total. The summed E-state index contributed by atoms with van der Waals surface area (Å²) in [6.45, 7) is 3.98. The summed E-state index contributed by atoms with van der Waals surface area (Å²) in [6, 6.07) is 15.1. The molecule has 7 heteroatoms. The van der Waals surface area contributed by atoms with E-state index in [1.165, 1.54) is 0 Å². The Labute approximate surface area is 164 Å². The smallest absolute Gasteiger partial charge is 0.319 e. The highest BCUT2D eigenvalue weighted by atomic mass is 16.5. The second-order valence-corrected chi connectivity index (χ2v) is 6.86. The lowest BCUT2D eigenvalue weighted by Gasteiger charge is -2.12. The average molecular weight is 379 g/mol. The fourth-order valence-electron chi connectivity index (χ4n) is 2.60. The topological polar surface area (TPSA) is 83.3 Å². The summed E-state index contributed by atoms with van der Waals surface area (Å²) < 4.78 is 5.45. The number of nitrogens with one attached hydrogen (secondary N) is 2. The van der Waals surface area contributed by atoms with Crippen LogP contribution in [0.15, 0.2) is 53.1 Å². The lowest BCUT2D eigenvalue weighted by atomic mass is 10.1. The minimum atomic E-state index is -0.235. The zero-order chi connectivity index (χ0) is 20.1. The first kappa shape index (κ1) is 19.4. The Morgan fingerprint density at radius 1 is 1.14 bits per heavy atom. The lowest BCUT2D eigenvalue weighted by Crippen LogP contribution is -2.35. The summed E-state index contributed by atoms with van der Waals surface area (Å²) in [5.41, 5.74) is 3.34. The van der Waals surface area contributed by atoms with Gasteiger partial charge in [0.25, 0.3) is 5.89 Å². The average Bonchev–Trinajstić information content (AvgIpc) is 3.18. The van der Waals surface area contributed by atoms with Crippen molar-refractivity contribution in [2.24, 2.45) is 0 Å². The van der Waals surface area contributed by atoms with Crippen molar-refractivity contribution in [1.29, 1.82) is 0 Å². The molecule has 0 aliphatic heterocycles. The SMILES string of the molecule is CC[C@@H](C)NC(=O)Nc1cccc(-c2noc(-c3cccc(N(C)C)c3)n2)c1. The van der Waals surface area contributed by atoms with Gasteiger partial charge in [-0.05, 0) is 43.7 Å². The van der Waals surface area contributed by atoms with Crippen LogP contribution in [-0.4, -0.2) is 36.3 Å². The Morgan fingerprint density at radius 2 is 1.89 bits per heavy atom. The van der Waals surface area contributed by atoms with Gasteiger partial charge in [0.15, 0.2) is 0 Å². The minimum Gasteiger partial charge on any atom is -0.378 e. The van der Waals surface area contributed by atoms with E-state index in [1.807, 2.05) is 81.4 Å². The van der Waals surface area contributed by atoms with E-state index in [4.69, 9.17) is 4.52 Å². The molecule has 0 saturated heterocycles. The standard InChI is InChI=1S/C21H25N5O2/c1-5-14(2)22-21(27)23-17-10-6-8-15(12-17)19-24-20(28-25-19)16-9-7-11-18(13-16)26(3)4/h6-14H,5H2,1-4H3,(H2,22,23,27)/t14-/m1/s1. The third-order valence-corrected chi connectivity index (χ3v) is 4.40. The third-order valence-electron chi connectivity index (χ3n) is 4.40. The number of urea groups is 1. The third kappa shape index (κ3) is 4.68. The van der Waals surface area contributed by atoms with E-state index in [-0.39, 0.29) is 12.1 Å². The van der Waals surface area contributed by atoms with Crippen molar-refractivity contribution in [2.75, 3.05) is 24.3 Å². The molecule has 0 saturated carbocycles. The minimum absolute atomic E-state index is 0.112. The first-order chi connectivity index (χ1) is 13.5. The van der Waals surface area contributed by atoms with E-state index in [0.717, 1.165) is 23.2 Å². The Morgan fingerprint density at radius 3 is 2.64 bits per heavy atom. The van der Waals surface area contributed by atoms with Crippen molar-refractivity contribution in [2.45, 2.75) is 26.3 Å². The van der Waals surface area contributed by atoms with Crippen LogP contribution in [0.2, 0.25) is 0 Å². The molecule has 146 valence electrons. The van der Waals surface area contributed by atoms with Crippen molar-refractivity contribution < 1.29 is 9.32 Å². The zero-order valence-electron chi connectivity index (χ0n) is 16.6. The van der Waals surface area contributed by atoms with Gasteiger partial charge >= 0.3 is 6.03 Å². The van der Waals surface area contributed by atoms with Crippen LogP contribution in [-0.2, 0) is 0 Å². The molecule has 1 heterocycles. The number of carbonyl (C=O) groups excluding carboxylic acids is 1. The van der Waals surface area contributed by atoms with Crippen LogP contribution in [0.5, 0.6) is 0 Å². The van der Waals surface area contributed by atoms with Crippen LogP contribution in [0, 0.1) is 0 Å². The molecular weight excluding hydrogens is 354 g/mol. The molecule has 2 aromatic carbocycles. The first-order valence-corrected chi connectivity index (χ1v) is 9.25. The predicted molar refractivity (Wildman–Crippen MR) is 111 cm³/mol. The predicted octanol–water partition coefficient (Wildman–Crippen LogP) is 4.39. The van der Waals surface area contributed by atoms with Gasteiger partial charge in [0, 0.05) is 42.6 Å². The van der Waals surface area contributed by atoms with Gasteiger partial charge in [-0.1, -0.05) is 30.3 Å². The molecule has 0 aliphatic carbocycles. The second-order valence-electron chi connectivity index (χ2n) is 6.86. The van der Waals surface area contributed by atoms with Gasteiger partial charge in [-0.3, -0.25) is 0 Å². The van der Waals surface area contributed by atoms with Crippen LogP contribution >= 0.6 is 0 Å². The molecule has 0 fully saturated rings. The van der Waals surface area contributed by atoms with Gasteiger partial charge in [-0.2, -0.15) is 4.98 Å². The van der Waals surface area contributed by atoms with Crippen molar-refractivity contribution in [3.63, 3.8) is 0 Å². The van der Waals surface area contributed by atoms with Crippen molar-refractivity contribution in [3.8, 4) is 22.8 Å². The maximum Gasteiger partial charge on any atom is 0.319 e. The van der Waals surface area contributed by atoms with Gasteiger partial charge in [0.1, 0.15) is 0 Å². The summed E-state index contributed by atoms with van der Waals surface area (Å²) in [5, 5.41) is 9.80. The molecule has 0 aliphatic rings. The monoisotopic (exact) mass is 379 g/mol. The summed E-state index contributed by atoms with van der Waals surface area (Å²) >= 11 is 0. The van der Waals surface area contributed by atoms with E-state index in [1.54, 1.807) is 0 Å². The molecule has 1 aromatic heterocycles. The molecule has 3 aromatic rings. The molecule has 2 N–H and O–H groups in total. The molecule has 0 spiro atoms. The van der Waals surface area contributed by atoms with Gasteiger partial charge in [0.2, 0.25) is 5.82 Å². The largest absolute Gasteiger partial charge is 0.378 e. The van der Waals surface area contributed by atoms with Gasteiger partial charge in [0.05, 0.1) is 0 Å².